The van der Waals surface area contributed by atoms with Gasteiger partial charge in [-0.25, -0.2) is 9.18 Å². The summed E-state index contributed by atoms with van der Waals surface area (Å²) in [4.78, 5) is 10.7. The summed E-state index contributed by atoms with van der Waals surface area (Å²) in [5.74, 6) is -1.90. The predicted molar refractivity (Wildman–Crippen MR) is 55.6 cm³/mol. The number of benzene rings is 1. The fourth-order valence-electron chi connectivity index (χ4n) is 2.01. The van der Waals surface area contributed by atoms with Crippen molar-refractivity contribution in [1.82, 2.24) is 0 Å². The molecule has 0 saturated heterocycles. The van der Waals surface area contributed by atoms with Gasteiger partial charge >= 0.3 is 5.97 Å². The van der Waals surface area contributed by atoms with Crippen LogP contribution in [0.4, 0.5) is 4.39 Å². The van der Waals surface area contributed by atoms with Crippen LogP contribution in [0.15, 0.2) is 30.3 Å². The van der Waals surface area contributed by atoms with E-state index in [0.717, 1.165) is 0 Å². The normalized spacial score (nSPS) is 21.1. The molecule has 16 heavy (non-hydrogen) atoms. The van der Waals surface area contributed by atoms with E-state index in [9.17, 15) is 14.3 Å². The molecule has 2 rings (SSSR count). The average Bonchev–Trinajstić information content (AvgIpc) is 3.12. The van der Waals surface area contributed by atoms with Gasteiger partial charge in [-0.2, -0.15) is 0 Å². The zero-order valence-corrected chi connectivity index (χ0v) is 8.64. The van der Waals surface area contributed by atoms with Crippen molar-refractivity contribution >= 4 is 5.97 Å². The maximum Gasteiger partial charge on any atom is 0.341 e. The van der Waals surface area contributed by atoms with E-state index in [1.165, 1.54) is 0 Å². The number of halogens is 1. The second-order valence-corrected chi connectivity index (χ2v) is 4.17. The van der Waals surface area contributed by atoms with Gasteiger partial charge in [-0.05, 0) is 24.3 Å². The van der Waals surface area contributed by atoms with Crippen LogP contribution in [0.3, 0.4) is 0 Å². The van der Waals surface area contributed by atoms with Gasteiger partial charge < -0.3 is 10.2 Å². The molecule has 1 aliphatic rings. The molecule has 1 saturated carbocycles. The van der Waals surface area contributed by atoms with Crippen LogP contribution in [0.5, 0.6) is 0 Å². The maximum absolute atomic E-state index is 13.7. The Morgan fingerprint density at radius 1 is 1.38 bits per heavy atom. The number of rotatable bonds is 4. The lowest BCUT2D eigenvalue weighted by atomic mass is 9.84. The first-order chi connectivity index (χ1) is 7.56. The van der Waals surface area contributed by atoms with E-state index in [1.807, 2.05) is 0 Å². The second-order valence-electron chi connectivity index (χ2n) is 4.17. The Kier molecular flexibility index (Phi) is 2.68. The summed E-state index contributed by atoms with van der Waals surface area (Å²) in [6, 6.07) is 8.20. The molecule has 0 bridgehead atoms. The summed E-state index contributed by atoms with van der Waals surface area (Å²) in [7, 11) is 0. The predicted octanol–water partition coefficient (Wildman–Crippen LogP) is 1.71. The van der Waals surface area contributed by atoms with Crippen LogP contribution < -0.4 is 0 Å². The Hall–Kier alpha value is -1.42. The zero-order valence-electron chi connectivity index (χ0n) is 8.64. The first kappa shape index (κ1) is 11.1. The third-order valence-electron chi connectivity index (χ3n) is 3.04. The van der Waals surface area contributed by atoms with Crippen LogP contribution >= 0.6 is 0 Å². The molecule has 2 N–H and O–H groups in total. The van der Waals surface area contributed by atoms with E-state index in [2.05, 4.69) is 0 Å². The third-order valence-corrected chi connectivity index (χ3v) is 3.04. The number of carboxylic acids is 1. The molecule has 0 heterocycles. The smallest absolute Gasteiger partial charge is 0.341 e. The van der Waals surface area contributed by atoms with E-state index >= 15 is 0 Å². The van der Waals surface area contributed by atoms with Crippen LogP contribution in [0.1, 0.15) is 18.4 Å². The standard InChI is InChI=1S/C12H13FO3/c13-10(11(14)15)12(16,9-6-7-9)8-4-2-1-3-5-8/h1-5,9-10,16H,6-7H2,(H,14,15). The molecule has 2 atom stereocenters. The molecule has 1 aliphatic carbocycles. The highest BCUT2D eigenvalue weighted by Crippen LogP contribution is 2.48. The van der Waals surface area contributed by atoms with Crippen LogP contribution in [0, 0.1) is 5.92 Å². The monoisotopic (exact) mass is 224 g/mol. The van der Waals surface area contributed by atoms with Crippen molar-refractivity contribution in [1.29, 1.82) is 0 Å². The number of aliphatic carboxylic acids is 1. The first-order valence-corrected chi connectivity index (χ1v) is 5.21. The minimum atomic E-state index is -2.28. The van der Waals surface area contributed by atoms with Crippen LogP contribution in [-0.4, -0.2) is 22.4 Å². The Morgan fingerprint density at radius 3 is 2.38 bits per heavy atom. The largest absolute Gasteiger partial charge is 0.479 e. The number of hydrogen-bond donors (Lipinski definition) is 2. The van der Waals surface area contributed by atoms with Gasteiger partial charge in [-0.15, -0.1) is 0 Å². The van der Waals surface area contributed by atoms with Crippen molar-refractivity contribution in [2.24, 2.45) is 5.92 Å². The van der Waals surface area contributed by atoms with E-state index in [4.69, 9.17) is 5.11 Å². The lowest BCUT2D eigenvalue weighted by Crippen LogP contribution is -2.43. The molecule has 0 aromatic heterocycles. The summed E-state index contributed by atoms with van der Waals surface area (Å²) in [6.45, 7) is 0. The molecule has 4 heteroatoms. The van der Waals surface area contributed by atoms with Crippen molar-refractivity contribution in [3.05, 3.63) is 35.9 Å². The van der Waals surface area contributed by atoms with Gasteiger partial charge in [0.1, 0.15) is 5.60 Å². The lowest BCUT2D eigenvalue weighted by molar-refractivity contribution is -0.157. The molecule has 3 nitrogen and oxygen atoms in total. The highest BCUT2D eigenvalue weighted by Gasteiger charge is 2.54. The molecule has 2 unspecified atom stereocenters. The van der Waals surface area contributed by atoms with E-state index in [1.54, 1.807) is 30.3 Å². The van der Waals surface area contributed by atoms with E-state index in [-0.39, 0.29) is 5.92 Å². The van der Waals surface area contributed by atoms with Crippen LogP contribution in [0.25, 0.3) is 0 Å². The minimum absolute atomic E-state index is 0.291. The molecular weight excluding hydrogens is 211 g/mol. The molecule has 0 spiro atoms. The Bertz CT molecular complexity index is 389. The summed E-state index contributed by atoms with van der Waals surface area (Å²) in [5, 5.41) is 19.0. The van der Waals surface area contributed by atoms with Gasteiger partial charge in [0.2, 0.25) is 6.17 Å². The van der Waals surface area contributed by atoms with Crippen molar-refractivity contribution in [2.75, 3.05) is 0 Å². The Morgan fingerprint density at radius 2 is 1.94 bits per heavy atom. The van der Waals surface area contributed by atoms with Crippen molar-refractivity contribution in [3.63, 3.8) is 0 Å². The number of alkyl halides is 1. The molecule has 0 aliphatic heterocycles. The van der Waals surface area contributed by atoms with E-state index in [0.29, 0.717) is 18.4 Å². The highest BCUT2D eigenvalue weighted by molar-refractivity contribution is 5.74. The molecule has 1 fully saturated rings. The van der Waals surface area contributed by atoms with Gasteiger partial charge in [0.05, 0.1) is 0 Å². The van der Waals surface area contributed by atoms with Crippen LogP contribution in [0.2, 0.25) is 0 Å². The van der Waals surface area contributed by atoms with E-state index < -0.39 is 17.7 Å². The quantitative estimate of drug-likeness (QED) is 0.818. The third kappa shape index (κ3) is 1.69. The maximum atomic E-state index is 13.7. The SMILES string of the molecule is O=C(O)C(F)C(O)(c1ccccc1)C1CC1. The van der Waals surface area contributed by atoms with Gasteiger partial charge in [0, 0.05) is 0 Å². The minimum Gasteiger partial charge on any atom is -0.479 e. The fraction of sp³-hybridized carbons (Fsp3) is 0.417. The van der Waals surface area contributed by atoms with Gasteiger partial charge in [0.25, 0.3) is 0 Å². The number of hydrogen-bond acceptors (Lipinski definition) is 2. The van der Waals surface area contributed by atoms with Gasteiger partial charge in [0.15, 0.2) is 0 Å². The topological polar surface area (TPSA) is 57.5 Å². The summed E-state index contributed by atoms with van der Waals surface area (Å²) in [6.07, 6.45) is -0.944. The molecule has 0 radical (unpaired) electrons. The molecular formula is C12H13FO3. The van der Waals surface area contributed by atoms with Crippen molar-refractivity contribution in [3.8, 4) is 0 Å². The van der Waals surface area contributed by atoms with Gasteiger partial charge in [-0.1, -0.05) is 30.3 Å². The molecule has 1 aromatic rings. The number of carboxylic acid groups (broad SMARTS) is 1. The second kappa shape index (κ2) is 3.87. The number of carbonyl (C=O) groups is 1. The molecule has 1 aromatic carbocycles. The summed E-state index contributed by atoms with van der Waals surface area (Å²) >= 11 is 0. The van der Waals surface area contributed by atoms with Crippen molar-refractivity contribution in [2.45, 2.75) is 24.6 Å². The Labute approximate surface area is 92.5 Å². The highest BCUT2D eigenvalue weighted by atomic mass is 19.1. The number of aliphatic hydroxyl groups is 1. The van der Waals surface area contributed by atoms with Crippen molar-refractivity contribution < 1.29 is 19.4 Å². The van der Waals surface area contributed by atoms with Crippen LogP contribution in [-0.2, 0) is 10.4 Å². The lowest BCUT2D eigenvalue weighted by Gasteiger charge is -2.29. The Balaban J connectivity index is 2.39. The summed E-state index contributed by atoms with van der Waals surface area (Å²) in [5.41, 5.74) is -1.54. The molecule has 86 valence electrons. The van der Waals surface area contributed by atoms with Gasteiger partial charge in [-0.3, -0.25) is 0 Å². The average molecular weight is 224 g/mol. The molecule has 0 amide bonds. The fourth-order valence-corrected chi connectivity index (χ4v) is 2.01. The summed E-state index contributed by atoms with van der Waals surface area (Å²) < 4.78 is 13.7. The first-order valence-electron chi connectivity index (χ1n) is 5.21. The zero-order chi connectivity index (χ0) is 11.8.